The lowest BCUT2D eigenvalue weighted by atomic mass is 9.95. The van der Waals surface area contributed by atoms with Crippen molar-refractivity contribution < 1.29 is 0 Å². The molecule has 0 aromatic heterocycles. The SMILES string of the molecule is CC(C)CCC(NN)c1ccc(C(C)C)cc1. The van der Waals surface area contributed by atoms with Crippen molar-refractivity contribution in [1.29, 1.82) is 0 Å². The zero-order valence-electron chi connectivity index (χ0n) is 11.5. The van der Waals surface area contributed by atoms with Gasteiger partial charge in [0.2, 0.25) is 0 Å². The molecule has 0 saturated carbocycles. The van der Waals surface area contributed by atoms with Crippen LogP contribution in [0, 0.1) is 5.92 Å². The van der Waals surface area contributed by atoms with Crippen LogP contribution in [0.5, 0.6) is 0 Å². The molecule has 0 amide bonds. The summed E-state index contributed by atoms with van der Waals surface area (Å²) in [5.41, 5.74) is 5.59. The van der Waals surface area contributed by atoms with E-state index in [0.29, 0.717) is 5.92 Å². The van der Waals surface area contributed by atoms with Gasteiger partial charge in [0.05, 0.1) is 0 Å². The Morgan fingerprint density at radius 1 is 0.941 bits per heavy atom. The van der Waals surface area contributed by atoms with E-state index in [0.717, 1.165) is 12.3 Å². The fourth-order valence-corrected chi connectivity index (χ4v) is 1.96. The monoisotopic (exact) mass is 234 g/mol. The summed E-state index contributed by atoms with van der Waals surface area (Å²) in [6.07, 6.45) is 2.29. The van der Waals surface area contributed by atoms with E-state index < -0.39 is 0 Å². The Kier molecular flexibility index (Phi) is 5.66. The van der Waals surface area contributed by atoms with Crippen molar-refractivity contribution in [2.24, 2.45) is 11.8 Å². The van der Waals surface area contributed by atoms with Crippen molar-refractivity contribution in [3.63, 3.8) is 0 Å². The van der Waals surface area contributed by atoms with Crippen molar-refractivity contribution in [2.75, 3.05) is 0 Å². The fraction of sp³-hybridized carbons (Fsp3) is 0.600. The Morgan fingerprint density at radius 3 is 1.88 bits per heavy atom. The second-order valence-corrected chi connectivity index (χ2v) is 5.51. The van der Waals surface area contributed by atoms with Crippen molar-refractivity contribution in [3.8, 4) is 0 Å². The van der Waals surface area contributed by atoms with Gasteiger partial charge in [0.15, 0.2) is 0 Å². The van der Waals surface area contributed by atoms with Gasteiger partial charge in [0, 0.05) is 6.04 Å². The minimum Gasteiger partial charge on any atom is -0.271 e. The normalized spacial score (nSPS) is 13.4. The van der Waals surface area contributed by atoms with Gasteiger partial charge in [-0.15, -0.1) is 0 Å². The molecule has 3 N–H and O–H groups in total. The predicted octanol–water partition coefficient (Wildman–Crippen LogP) is 3.75. The molecule has 1 rings (SSSR count). The average molecular weight is 234 g/mol. The van der Waals surface area contributed by atoms with Crippen LogP contribution in [0.4, 0.5) is 0 Å². The highest BCUT2D eigenvalue weighted by atomic mass is 15.2. The molecule has 0 aliphatic rings. The van der Waals surface area contributed by atoms with Gasteiger partial charge in [-0.1, -0.05) is 52.0 Å². The van der Waals surface area contributed by atoms with E-state index in [9.17, 15) is 0 Å². The van der Waals surface area contributed by atoms with E-state index in [-0.39, 0.29) is 6.04 Å². The summed E-state index contributed by atoms with van der Waals surface area (Å²) in [7, 11) is 0. The lowest BCUT2D eigenvalue weighted by Gasteiger charge is -2.18. The van der Waals surface area contributed by atoms with Gasteiger partial charge in [0.1, 0.15) is 0 Å². The van der Waals surface area contributed by atoms with Gasteiger partial charge in [0.25, 0.3) is 0 Å². The zero-order valence-corrected chi connectivity index (χ0v) is 11.5. The third-order valence-corrected chi connectivity index (χ3v) is 3.24. The minimum absolute atomic E-state index is 0.276. The van der Waals surface area contributed by atoms with Crippen LogP contribution in [-0.4, -0.2) is 0 Å². The van der Waals surface area contributed by atoms with Crippen LogP contribution in [0.1, 0.15) is 63.6 Å². The van der Waals surface area contributed by atoms with Crippen molar-refractivity contribution in [1.82, 2.24) is 5.43 Å². The van der Waals surface area contributed by atoms with Crippen LogP contribution in [0.15, 0.2) is 24.3 Å². The maximum absolute atomic E-state index is 5.64. The van der Waals surface area contributed by atoms with Gasteiger partial charge >= 0.3 is 0 Å². The van der Waals surface area contributed by atoms with E-state index in [1.807, 2.05) is 0 Å². The predicted molar refractivity (Wildman–Crippen MR) is 74.7 cm³/mol. The molecule has 1 aromatic carbocycles. The number of benzene rings is 1. The van der Waals surface area contributed by atoms with Gasteiger partial charge in [-0.05, 0) is 35.8 Å². The number of rotatable bonds is 6. The third kappa shape index (κ3) is 4.49. The summed E-state index contributed by atoms with van der Waals surface area (Å²) in [6.45, 7) is 8.92. The van der Waals surface area contributed by atoms with E-state index in [2.05, 4.69) is 57.4 Å². The van der Waals surface area contributed by atoms with Crippen LogP contribution in [0.25, 0.3) is 0 Å². The molecular formula is C15H26N2. The maximum atomic E-state index is 5.64. The molecule has 1 aromatic rings. The first kappa shape index (κ1) is 14.2. The lowest BCUT2D eigenvalue weighted by molar-refractivity contribution is 0.448. The molecule has 0 spiro atoms. The molecule has 2 heteroatoms. The highest BCUT2D eigenvalue weighted by Crippen LogP contribution is 2.22. The molecule has 0 aliphatic carbocycles. The van der Waals surface area contributed by atoms with Crippen LogP contribution in [-0.2, 0) is 0 Å². The Hall–Kier alpha value is -0.860. The summed E-state index contributed by atoms with van der Waals surface area (Å²) >= 11 is 0. The fourth-order valence-electron chi connectivity index (χ4n) is 1.96. The number of hydrogen-bond donors (Lipinski definition) is 2. The summed E-state index contributed by atoms with van der Waals surface area (Å²) in [5.74, 6) is 6.95. The first-order valence-electron chi connectivity index (χ1n) is 6.60. The molecule has 0 heterocycles. The molecule has 0 aliphatic heterocycles. The van der Waals surface area contributed by atoms with Crippen molar-refractivity contribution >= 4 is 0 Å². The molecule has 0 saturated heterocycles. The van der Waals surface area contributed by atoms with Crippen LogP contribution >= 0.6 is 0 Å². The molecule has 0 radical (unpaired) electrons. The quantitative estimate of drug-likeness (QED) is 0.581. The number of nitrogens with two attached hydrogens (primary N) is 1. The largest absolute Gasteiger partial charge is 0.271 e. The third-order valence-electron chi connectivity index (χ3n) is 3.24. The first-order valence-corrected chi connectivity index (χ1v) is 6.60. The summed E-state index contributed by atoms with van der Waals surface area (Å²) in [6, 6.07) is 9.08. The Labute approximate surface area is 106 Å². The van der Waals surface area contributed by atoms with E-state index in [1.165, 1.54) is 17.5 Å². The Balaban J connectivity index is 2.68. The topological polar surface area (TPSA) is 38.0 Å². The maximum Gasteiger partial charge on any atom is 0.0460 e. The Bertz CT molecular complexity index is 314. The highest BCUT2D eigenvalue weighted by Gasteiger charge is 2.10. The number of nitrogens with one attached hydrogen (secondary N) is 1. The van der Waals surface area contributed by atoms with Crippen molar-refractivity contribution in [2.45, 2.75) is 52.5 Å². The second-order valence-electron chi connectivity index (χ2n) is 5.51. The molecule has 1 atom stereocenters. The first-order chi connectivity index (χ1) is 8.04. The van der Waals surface area contributed by atoms with Crippen LogP contribution in [0.3, 0.4) is 0 Å². The van der Waals surface area contributed by atoms with Crippen molar-refractivity contribution in [3.05, 3.63) is 35.4 Å². The van der Waals surface area contributed by atoms with Crippen LogP contribution in [0.2, 0.25) is 0 Å². The van der Waals surface area contributed by atoms with Gasteiger partial charge < -0.3 is 0 Å². The molecule has 2 nitrogen and oxygen atoms in total. The molecule has 96 valence electrons. The molecule has 1 unspecified atom stereocenters. The molecule has 0 fully saturated rings. The van der Waals surface area contributed by atoms with Gasteiger partial charge in [-0.3, -0.25) is 11.3 Å². The highest BCUT2D eigenvalue weighted by molar-refractivity contribution is 5.26. The van der Waals surface area contributed by atoms with E-state index in [4.69, 9.17) is 5.84 Å². The Morgan fingerprint density at radius 2 is 1.47 bits per heavy atom. The van der Waals surface area contributed by atoms with E-state index >= 15 is 0 Å². The summed E-state index contributed by atoms with van der Waals surface area (Å²) < 4.78 is 0. The molecular weight excluding hydrogens is 208 g/mol. The summed E-state index contributed by atoms with van der Waals surface area (Å²) in [5, 5.41) is 0. The average Bonchev–Trinajstić information content (AvgIpc) is 2.30. The van der Waals surface area contributed by atoms with Gasteiger partial charge in [-0.25, -0.2) is 0 Å². The standard InChI is InChI=1S/C15H26N2/c1-11(2)5-10-15(17-16)14-8-6-13(7-9-14)12(3)4/h6-9,11-12,15,17H,5,10,16H2,1-4H3. The lowest BCUT2D eigenvalue weighted by Crippen LogP contribution is -2.28. The van der Waals surface area contributed by atoms with Crippen LogP contribution < -0.4 is 11.3 Å². The minimum atomic E-state index is 0.276. The second kappa shape index (κ2) is 6.77. The number of hydrazine groups is 1. The van der Waals surface area contributed by atoms with E-state index in [1.54, 1.807) is 0 Å². The molecule has 17 heavy (non-hydrogen) atoms. The summed E-state index contributed by atoms with van der Waals surface area (Å²) in [4.78, 5) is 0. The van der Waals surface area contributed by atoms with Gasteiger partial charge in [-0.2, -0.15) is 0 Å². The zero-order chi connectivity index (χ0) is 12.8. The number of hydrogen-bond acceptors (Lipinski definition) is 2. The molecule has 0 bridgehead atoms. The smallest absolute Gasteiger partial charge is 0.0460 e.